The Morgan fingerprint density at radius 3 is 2.56 bits per heavy atom. The summed E-state index contributed by atoms with van der Waals surface area (Å²) in [7, 11) is 1.99. The summed E-state index contributed by atoms with van der Waals surface area (Å²) >= 11 is 1.49. The molecule has 0 fully saturated rings. The number of aryl methyl sites for hydroxylation is 3. The van der Waals surface area contributed by atoms with Crippen LogP contribution in [0.1, 0.15) is 33.3 Å². The molecule has 18 heavy (non-hydrogen) atoms. The third kappa shape index (κ3) is 2.76. The summed E-state index contributed by atoms with van der Waals surface area (Å²) < 4.78 is 4.02. The van der Waals surface area contributed by atoms with Crippen molar-refractivity contribution in [2.75, 3.05) is 7.05 Å². The number of hydrogen-bond donors (Lipinski definition) is 1. The summed E-state index contributed by atoms with van der Waals surface area (Å²) in [5, 5.41) is 7.45. The Morgan fingerprint density at radius 1 is 1.22 bits per heavy atom. The summed E-state index contributed by atoms with van der Waals surface area (Å²) in [6.45, 7) is 6.32. The number of rotatable bonds is 4. The smallest absolute Gasteiger partial charge is 0.0772 e. The van der Waals surface area contributed by atoms with Gasteiger partial charge in [-0.15, -0.1) is 5.10 Å². The molecule has 4 heteroatoms. The van der Waals surface area contributed by atoms with Gasteiger partial charge in [-0.1, -0.05) is 22.7 Å². The van der Waals surface area contributed by atoms with Gasteiger partial charge in [0.25, 0.3) is 0 Å². The van der Waals surface area contributed by atoms with Crippen LogP contribution in [0.4, 0.5) is 0 Å². The molecule has 0 aliphatic heterocycles. The first-order valence-corrected chi connectivity index (χ1v) is 6.91. The largest absolute Gasteiger partial charge is 0.312 e. The number of aromatic nitrogens is 2. The van der Waals surface area contributed by atoms with Gasteiger partial charge in [0, 0.05) is 6.04 Å². The van der Waals surface area contributed by atoms with Crippen molar-refractivity contribution in [1.29, 1.82) is 0 Å². The highest BCUT2D eigenvalue weighted by molar-refractivity contribution is 7.05. The highest BCUT2D eigenvalue weighted by atomic mass is 32.1. The highest BCUT2D eigenvalue weighted by Crippen LogP contribution is 2.24. The Balaban J connectivity index is 2.20. The Morgan fingerprint density at radius 2 is 2.00 bits per heavy atom. The first-order chi connectivity index (χ1) is 8.61. The second-order valence-corrected chi connectivity index (χ2v) is 5.47. The molecule has 0 amide bonds. The van der Waals surface area contributed by atoms with E-state index in [2.05, 4.69) is 47.0 Å². The van der Waals surface area contributed by atoms with Gasteiger partial charge in [-0.05, 0) is 62.5 Å². The first kappa shape index (κ1) is 13.2. The predicted octanol–water partition coefficient (Wildman–Crippen LogP) is 2.97. The van der Waals surface area contributed by atoms with Crippen molar-refractivity contribution in [3.63, 3.8) is 0 Å². The third-order valence-corrected chi connectivity index (χ3v) is 4.30. The molecule has 0 aliphatic rings. The van der Waals surface area contributed by atoms with Crippen LogP contribution in [-0.4, -0.2) is 16.6 Å². The van der Waals surface area contributed by atoms with Gasteiger partial charge in [0.05, 0.1) is 10.6 Å². The van der Waals surface area contributed by atoms with Crippen molar-refractivity contribution < 1.29 is 0 Å². The molecule has 96 valence electrons. The lowest BCUT2D eigenvalue weighted by Crippen LogP contribution is -2.18. The number of benzene rings is 1. The van der Waals surface area contributed by atoms with E-state index in [1.807, 2.05) is 14.0 Å². The lowest BCUT2D eigenvalue weighted by Gasteiger charge is -2.15. The molecule has 0 bridgehead atoms. The van der Waals surface area contributed by atoms with E-state index in [0.29, 0.717) is 6.04 Å². The highest BCUT2D eigenvalue weighted by Gasteiger charge is 2.16. The van der Waals surface area contributed by atoms with Crippen LogP contribution in [-0.2, 0) is 6.42 Å². The summed E-state index contributed by atoms with van der Waals surface area (Å²) in [6.07, 6.45) is 0.975. The van der Waals surface area contributed by atoms with E-state index >= 15 is 0 Å². The van der Waals surface area contributed by atoms with Crippen LogP contribution < -0.4 is 5.32 Å². The van der Waals surface area contributed by atoms with Gasteiger partial charge in [-0.2, -0.15) is 0 Å². The monoisotopic (exact) mass is 261 g/mol. The van der Waals surface area contributed by atoms with Crippen molar-refractivity contribution in [2.45, 2.75) is 33.2 Å². The lowest BCUT2D eigenvalue weighted by atomic mass is 10.00. The van der Waals surface area contributed by atoms with Crippen molar-refractivity contribution in [1.82, 2.24) is 14.9 Å². The summed E-state index contributed by atoms with van der Waals surface area (Å²) in [6, 6.07) is 6.96. The molecular formula is C14H19N3S. The standard InChI is InChI=1S/C14H19N3S/c1-9-5-6-12(7-10(9)2)8-13(15-4)14-11(3)16-17-18-14/h5-7,13,15H,8H2,1-4H3. The molecule has 2 aromatic rings. The van der Waals surface area contributed by atoms with Gasteiger partial charge in [-0.25, -0.2) is 0 Å². The van der Waals surface area contributed by atoms with E-state index < -0.39 is 0 Å². The minimum Gasteiger partial charge on any atom is -0.312 e. The van der Waals surface area contributed by atoms with Crippen LogP contribution in [0.15, 0.2) is 18.2 Å². The zero-order valence-electron chi connectivity index (χ0n) is 11.3. The third-order valence-electron chi connectivity index (χ3n) is 3.36. The maximum absolute atomic E-state index is 4.09. The van der Waals surface area contributed by atoms with E-state index in [4.69, 9.17) is 0 Å². The molecule has 1 atom stereocenters. The van der Waals surface area contributed by atoms with E-state index in [1.54, 1.807) is 0 Å². The van der Waals surface area contributed by atoms with Gasteiger partial charge in [0.15, 0.2) is 0 Å². The van der Waals surface area contributed by atoms with E-state index in [-0.39, 0.29) is 0 Å². The maximum atomic E-state index is 4.09. The second kappa shape index (κ2) is 5.59. The van der Waals surface area contributed by atoms with Crippen LogP contribution in [0.25, 0.3) is 0 Å². The quantitative estimate of drug-likeness (QED) is 0.919. The Labute approximate surface area is 112 Å². The second-order valence-electron chi connectivity index (χ2n) is 4.69. The Hall–Kier alpha value is -1.26. The van der Waals surface area contributed by atoms with E-state index in [0.717, 1.165) is 12.1 Å². The van der Waals surface area contributed by atoms with Gasteiger partial charge >= 0.3 is 0 Å². The molecule has 1 unspecified atom stereocenters. The van der Waals surface area contributed by atoms with Crippen molar-refractivity contribution in [2.24, 2.45) is 0 Å². The normalized spacial score (nSPS) is 12.7. The fraction of sp³-hybridized carbons (Fsp3) is 0.429. The Kier molecular flexibility index (Phi) is 4.09. The topological polar surface area (TPSA) is 37.8 Å². The number of nitrogens with one attached hydrogen (secondary N) is 1. The molecule has 1 aromatic carbocycles. The number of nitrogens with zero attached hydrogens (tertiary/aromatic N) is 2. The van der Waals surface area contributed by atoms with Crippen LogP contribution in [0, 0.1) is 20.8 Å². The zero-order chi connectivity index (χ0) is 13.1. The van der Waals surface area contributed by atoms with E-state index in [1.165, 1.54) is 33.1 Å². The molecule has 0 aliphatic carbocycles. The van der Waals surface area contributed by atoms with E-state index in [9.17, 15) is 0 Å². The van der Waals surface area contributed by atoms with Crippen molar-refractivity contribution in [3.05, 3.63) is 45.5 Å². The molecule has 0 saturated carbocycles. The summed E-state index contributed by atoms with van der Waals surface area (Å²) in [4.78, 5) is 1.23. The maximum Gasteiger partial charge on any atom is 0.0772 e. The Bertz CT molecular complexity index is 534. The molecule has 0 radical (unpaired) electrons. The minimum atomic E-state index is 0.298. The van der Waals surface area contributed by atoms with Crippen LogP contribution in [0.2, 0.25) is 0 Å². The molecule has 3 nitrogen and oxygen atoms in total. The fourth-order valence-corrected chi connectivity index (χ4v) is 2.80. The molecule has 1 heterocycles. The predicted molar refractivity (Wildman–Crippen MR) is 76.1 cm³/mol. The molecule has 0 saturated heterocycles. The van der Waals surface area contributed by atoms with Crippen molar-refractivity contribution >= 4 is 11.5 Å². The van der Waals surface area contributed by atoms with Crippen LogP contribution in [0.3, 0.4) is 0 Å². The van der Waals surface area contributed by atoms with Crippen LogP contribution >= 0.6 is 11.5 Å². The molecule has 1 aromatic heterocycles. The molecule has 1 N–H and O–H groups in total. The minimum absolute atomic E-state index is 0.298. The summed E-state index contributed by atoms with van der Waals surface area (Å²) in [5.41, 5.74) is 5.07. The van der Waals surface area contributed by atoms with Gasteiger partial charge in [-0.3, -0.25) is 0 Å². The number of likely N-dealkylation sites (N-methyl/N-ethyl adjacent to an activating group) is 1. The average Bonchev–Trinajstić information content (AvgIpc) is 2.77. The first-order valence-electron chi connectivity index (χ1n) is 6.14. The SMILES string of the molecule is CNC(Cc1ccc(C)c(C)c1)c1snnc1C. The van der Waals surface area contributed by atoms with Gasteiger partial charge in [0.2, 0.25) is 0 Å². The summed E-state index contributed by atoms with van der Waals surface area (Å²) in [5.74, 6) is 0. The van der Waals surface area contributed by atoms with Gasteiger partial charge in [0.1, 0.15) is 0 Å². The number of hydrogen-bond acceptors (Lipinski definition) is 4. The average molecular weight is 261 g/mol. The molecule has 0 spiro atoms. The lowest BCUT2D eigenvalue weighted by molar-refractivity contribution is 0.597. The van der Waals surface area contributed by atoms with Crippen molar-refractivity contribution in [3.8, 4) is 0 Å². The zero-order valence-corrected chi connectivity index (χ0v) is 12.1. The molecular weight excluding hydrogens is 242 g/mol. The molecule has 2 rings (SSSR count). The van der Waals surface area contributed by atoms with Gasteiger partial charge < -0.3 is 5.32 Å². The van der Waals surface area contributed by atoms with Crippen LogP contribution in [0.5, 0.6) is 0 Å². The fourth-order valence-electron chi connectivity index (χ4n) is 2.05.